The fourth-order valence-electron chi connectivity index (χ4n) is 2.76. The Hall–Kier alpha value is -1.82. The molecule has 0 fully saturated rings. The molecule has 1 aromatic heterocycles. The van der Waals surface area contributed by atoms with Gasteiger partial charge in [-0.3, -0.25) is 9.40 Å². The molecule has 0 spiro atoms. The zero-order valence-electron chi connectivity index (χ0n) is 11.5. The summed E-state index contributed by atoms with van der Waals surface area (Å²) in [5, 5.41) is 6.53. The average molecular weight is 291 g/mol. The number of hydrogen-bond acceptors (Lipinski definition) is 3. The predicted octanol–water partition coefficient (Wildman–Crippen LogP) is 2.17. The monoisotopic (exact) mass is 291 g/mol. The van der Waals surface area contributed by atoms with Crippen LogP contribution in [0.2, 0.25) is 0 Å². The fourth-order valence-corrected chi connectivity index (χ4v) is 4.49. The van der Waals surface area contributed by atoms with Gasteiger partial charge in [0.15, 0.2) is 0 Å². The van der Waals surface area contributed by atoms with E-state index in [9.17, 15) is 8.42 Å². The molecule has 0 atom stereocenters. The molecule has 1 aliphatic heterocycles. The lowest BCUT2D eigenvalue weighted by Gasteiger charge is -2.31. The minimum atomic E-state index is -3.55. The number of aryl methyl sites for hydroxylation is 3. The lowest BCUT2D eigenvalue weighted by molar-refractivity contribution is 0.586. The first-order valence-electron chi connectivity index (χ1n) is 6.63. The van der Waals surface area contributed by atoms with E-state index in [0.717, 1.165) is 29.7 Å². The lowest BCUT2D eigenvalue weighted by atomic mass is 10.0. The van der Waals surface area contributed by atoms with Gasteiger partial charge < -0.3 is 0 Å². The van der Waals surface area contributed by atoms with Crippen LogP contribution in [-0.2, 0) is 16.4 Å². The van der Waals surface area contributed by atoms with Crippen molar-refractivity contribution in [3.05, 3.63) is 41.2 Å². The maximum Gasteiger partial charge on any atom is 0.267 e. The summed E-state index contributed by atoms with van der Waals surface area (Å²) in [4.78, 5) is 0.258. The van der Waals surface area contributed by atoms with E-state index < -0.39 is 10.0 Å². The molecule has 1 N–H and O–H groups in total. The SMILES string of the molecule is Cc1cccc2c1N(S(=O)(=O)c1cn[nH]c1C)CCC2. The van der Waals surface area contributed by atoms with Crippen LogP contribution in [-0.4, -0.2) is 25.2 Å². The van der Waals surface area contributed by atoms with Crippen molar-refractivity contribution in [2.45, 2.75) is 31.6 Å². The Kier molecular flexibility index (Phi) is 3.05. The number of sulfonamides is 1. The van der Waals surface area contributed by atoms with Gasteiger partial charge in [-0.1, -0.05) is 18.2 Å². The number of nitrogens with one attached hydrogen (secondary N) is 1. The second kappa shape index (κ2) is 4.63. The van der Waals surface area contributed by atoms with Crippen LogP contribution in [0.25, 0.3) is 0 Å². The van der Waals surface area contributed by atoms with Crippen molar-refractivity contribution in [2.75, 3.05) is 10.8 Å². The van der Waals surface area contributed by atoms with Crippen LogP contribution in [0.3, 0.4) is 0 Å². The highest BCUT2D eigenvalue weighted by molar-refractivity contribution is 7.92. The van der Waals surface area contributed by atoms with Gasteiger partial charge in [-0.25, -0.2) is 8.42 Å². The summed E-state index contributed by atoms with van der Waals surface area (Å²) >= 11 is 0. The van der Waals surface area contributed by atoms with Gasteiger partial charge in [0.25, 0.3) is 10.0 Å². The molecular formula is C14H17N3O2S. The normalized spacial score (nSPS) is 15.2. The zero-order chi connectivity index (χ0) is 14.3. The Bertz CT molecular complexity index is 750. The van der Waals surface area contributed by atoms with E-state index in [-0.39, 0.29) is 4.90 Å². The number of aromatic amines is 1. The summed E-state index contributed by atoms with van der Waals surface area (Å²) in [6.45, 7) is 4.20. The van der Waals surface area contributed by atoms with Gasteiger partial charge in [-0.2, -0.15) is 5.10 Å². The molecule has 1 aliphatic rings. The van der Waals surface area contributed by atoms with Crippen LogP contribution < -0.4 is 4.31 Å². The highest BCUT2D eigenvalue weighted by Crippen LogP contribution is 2.34. The number of hydrogen-bond donors (Lipinski definition) is 1. The van der Waals surface area contributed by atoms with E-state index in [1.54, 1.807) is 6.92 Å². The molecule has 1 aromatic carbocycles. The summed E-state index contributed by atoms with van der Waals surface area (Å²) in [5.41, 5.74) is 3.50. The third-order valence-corrected chi connectivity index (χ3v) is 5.64. The molecule has 0 saturated heterocycles. The number of fused-ring (bicyclic) bond motifs is 1. The van der Waals surface area contributed by atoms with Crippen LogP contribution in [0.15, 0.2) is 29.3 Å². The van der Waals surface area contributed by atoms with Crippen molar-refractivity contribution in [2.24, 2.45) is 0 Å². The molecule has 2 heterocycles. The molecule has 6 heteroatoms. The second-order valence-corrected chi connectivity index (χ2v) is 6.95. The van der Waals surface area contributed by atoms with Gasteiger partial charge in [-0.05, 0) is 37.8 Å². The van der Waals surface area contributed by atoms with Crippen LogP contribution in [0.5, 0.6) is 0 Å². The largest absolute Gasteiger partial charge is 0.281 e. The smallest absolute Gasteiger partial charge is 0.267 e. The molecule has 3 rings (SSSR count). The van der Waals surface area contributed by atoms with Gasteiger partial charge in [-0.15, -0.1) is 0 Å². The standard InChI is InChI=1S/C14H17N3O2S/c1-10-5-3-6-12-7-4-8-17(14(10)12)20(18,19)13-9-15-16-11(13)2/h3,5-6,9H,4,7-8H2,1-2H3,(H,15,16). The van der Waals surface area contributed by atoms with Gasteiger partial charge in [0.1, 0.15) is 4.90 Å². The first kappa shape index (κ1) is 13.2. The predicted molar refractivity (Wildman–Crippen MR) is 77.4 cm³/mol. The maximum atomic E-state index is 12.9. The highest BCUT2D eigenvalue weighted by atomic mass is 32.2. The molecule has 20 heavy (non-hydrogen) atoms. The average Bonchev–Trinajstić information content (AvgIpc) is 2.85. The van der Waals surface area contributed by atoms with Gasteiger partial charge >= 0.3 is 0 Å². The van der Waals surface area contributed by atoms with Crippen LogP contribution in [0.1, 0.15) is 23.2 Å². The van der Waals surface area contributed by atoms with Crippen molar-refractivity contribution in [3.63, 3.8) is 0 Å². The third kappa shape index (κ3) is 1.91. The molecule has 0 saturated carbocycles. The molecule has 0 bridgehead atoms. The molecule has 5 nitrogen and oxygen atoms in total. The number of benzene rings is 1. The van der Waals surface area contributed by atoms with Crippen molar-refractivity contribution in [1.82, 2.24) is 10.2 Å². The molecule has 0 radical (unpaired) electrons. The Morgan fingerprint density at radius 3 is 2.80 bits per heavy atom. The first-order chi connectivity index (χ1) is 9.51. The number of para-hydroxylation sites is 1. The summed E-state index contributed by atoms with van der Waals surface area (Å²) < 4.78 is 27.2. The van der Waals surface area contributed by atoms with E-state index in [4.69, 9.17) is 0 Å². The lowest BCUT2D eigenvalue weighted by Crippen LogP contribution is -2.36. The summed E-state index contributed by atoms with van der Waals surface area (Å²) in [6.07, 6.45) is 3.15. The fraction of sp³-hybridized carbons (Fsp3) is 0.357. The van der Waals surface area contributed by atoms with Gasteiger partial charge in [0.05, 0.1) is 17.6 Å². The number of rotatable bonds is 2. The second-order valence-electron chi connectivity index (χ2n) is 5.12. The molecule has 0 amide bonds. The van der Waals surface area contributed by atoms with E-state index in [1.807, 2.05) is 25.1 Å². The third-order valence-electron chi connectivity index (χ3n) is 3.73. The van der Waals surface area contributed by atoms with Crippen molar-refractivity contribution in [3.8, 4) is 0 Å². The van der Waals surface area contributed by atoms with E-state index in [2.05, 4.69) is 10.2 Å². The summed E-state index contributed by atoms with van der Waals surface area (Å²) in [5.74, 6) is 0. The topological polar surface area (TPSA) is 66.1 Å². The number of aromatic nitrogens is 2. The molecule has 0 aliphatic carbocycles. The summed E-state index contributed by atoms with van der Waals surface area (Å²) in [6, 6.07) is 5.94. The van der Waals surface area contributed by atoms with E-state index >= 15 is 0 Å². The van der Waals surface area contributed by atoms with Crippen molar-refractivity contribution in [1.29, 1.82) is 0 Å². The Labute approximate surface area is 118 Å². The van der Waals surface area contributed by atoms with Crippen LogP contribution in [0.4, 0.5) is 5.69 Å². The van der Waals surface area contributed by atoms with Crippen LogP contribution in [0, 0.1) is 13.8 Å². The minimum absolute atomic E-state index is 0.258. The van der Waals surface area contributed by atoms with Gasteiger partial charge in [0.2, 0.25) is 0 Å². The Morgan fingerprint density at radius 2 is 2.10 bits per heavy atom. The van der Waals surface area contributed by atoms with E-state index in [0.29, 0.717) is 12.2 Å². The summed E-state index contributed by atoms with van der Waals surface area (Å²) in [7, 11) is -3.55. The Morgan fingerprint density at radius 1 is 1.30 bits per heavy atom. The highest BCUT2D eigenvalue weighted by Gasteiger charge is 2.31. The molecule has 2 aromatic rings. The Balaban J connectivity index is 2.16. The van der Waals surface area contributed by atoms with Gasteiger partial charge in [0, 0.05) is 6.54 Å². The molecule has 106 valence electrons. The first-order valence-corrected chi connectivity index (χ1v) is 8.07. The minimum Gasteiger partial charge on any atom is -0.281 e. The zero-order valence-corrected chi connectivity index (χ0v) is 12.4. The number of nitrogens with zero attached hydrogens (tertiary/aromatic N) is 2. The maximum absolute atomic E-state index is 12.9. The van der Waals surface area contributed by atoms with Crippen molar-refractivity contribution < 1.29 is 8.42 Å². The van der Waals surface area contributed by atoms with E-state index in [1.165, 1.54) is 10.5 Å². The van der Waals surface area contributed by atoms with Crippen molar-refractivity contribution >= 4 is 15.7 Å². The van der Waals surface area contributed by atoms with Crippen LogP contribution >= 0.6 is 0 Å². The molecule has 0 unspecified atom stereocenters. The number of anilines is 1. The number of H-pyrrole nitrogens is 1. The quantitative estimate of drug-likeness (QED) is 0.922. The molecular weight excluding hydrogens is 274 g/mol.